The quantitative estimate of drug-likeness (QED) is 0.422. The van der Waals surface area contributed by atoms with Gasteiger partial charge < -0.3 is 5.11 Å². The van der Waals surface area contributed by atoms with E-state index < -0.39 is 17.4 Å². The minimum Gasteiger partial charge on any atom is -0.478 e. The molecular formula is C9H14O5. The molecule has 0 rings (SSSR count). The number of aliphatic carboxylic acids is 1. The summed E-state index contributed by atoms with van der Waals surface area (Å²) in [4.78, 5) is 30.1. The first-order valence-corrected chi connectivity index (χ1v) is 3.99. The summed E-state index contributed by atoms with van der Waals surface area (Å²) in [6, 6.07) is 0. The Hall–Kier alpha value is -1.36. The fraction of sp³-hybridized carbons (Fsp3) is 0.556. The third-order valence-corrected chi connectivity index (χ3v) is 1.45. The lowest BCUT2D eigenvalue weighted by atomic mass is 9.86. The number of hydrogen-bond acceptors (Lipinski definition) is 4. The molecule has 0 heterocycles. The molecular weight excluding hydrogens is 188 g/mol. The van der Waals surface area contributed by atoms with Crippen molar-refractivity contribution in [1.82, 2.24) is 0 Å². The largest absolute Gasteiger partial charge is 0.478 e. The molecule has 80 valence electrons. The Balaban J connectivity index is 4.93. The Morgan fingerprint density at radius 3 is 2.07 bits per heavy atom. The number of carboxylic acid groups (broad SMARTS) is 1. The standard InChI is InChI=1S/C9H14O5/c1-9(2,3)6(5-7(10)11)8(12)14-13-4/h5H,1-4H3,(H,10,11)/b6-5-. The van der Waals surface area contributed by atoms with E-state index in [4.69, 9.17) is 5.11 Å². The van der Waals surface area contributed by atoms with Crippen molar-refractivity contribution in [2.75, 3.05) is 7.11 Å². The summed E-state index contributed by atoms with van der Waals surface area (Å²) in [5.41, 5.74) is -0.555. The average Bonchev–Trinajstić information content (AvgIpc) is 1.98. The van der Waals surface area contributed by atoms with Gasteiger partial charge in [-0.25, -0.2) is 9.59 Å². The molecule has 0 aliphatic carbocycles. The zero-order valence-electron chi connectivity index (χ0n) is 8.66. The topological polar surface area (TPSA) is 72.8 Å². The summed E-state index contributed by atoms with van der Waals surface area (Å²) >= 11 is 0. The van der Waals surface area contributed by atoms with Crippen LogP contribution in [0.4, 0.5) is 0 Å². The van der Waals surface area contributed by atoms with Crippen LogP contribution in [0.2, 0.25) is 0 Å². The van der Waals surface area contributed by atoms with Crippen LogP contribution in [0.1, 0.15) is 20.8 Å². The second-order valence-electron chi connectivity index (χ2n) is 3.68. The fourth-order valence-electron chi connectivity index (χ4n) is 0.826. The van der Waals surface area contributed by atoms with Crippen molar-refractivity contribution in [3.63, 3.8) is 0 Å². The van der Waals surface area contributed by atoms with Crippen LogP contribution in [0.5, 0.6) is 0 Å². The van der Waals surface area contributed by atoms with Crippen LogP contribution in [0.15, 0.2) is 11.6 Å². The smallest absolute Gasteiger partial charge is 0.369 e. The number of rotatable bonds is 3. The molecule has 0 fully saturated rings. The molecule has 0 aromatic carbocycles. The summed E-state index contributed by atoms with van der Waals surface area (Å²) in [5.74, 6) is -1.98. The SMILES string of the molecule is COOC(=O)/C(=C/C(=O)O)C(C)(C)C. The lowest BCUT2D eigenvalue weighted by molar-refractivity contribution is -0.251. The second-order valence-corrected chi connectivity index (χ2v) is 3.68. The van der Waals surface area contributed by atoms with E-state index in [0.717, 1.165) is 6.08 Å². The summed E-state index contributed by atoms with van der Waals surface area (Å²) in [6.07, 6.45) is 0.821. The number of hydrogen-bond donors (Lipinski definition) is 1. The van der Waals surface area contributed by atoms with Gasteiger partial charge in [-0.15, -0.1) is 0 Å². The van der Waals surface area contributed by atoms with Gasteiger partial charge in [0.05, 0.1) is 12.7 Å². The summed E-state index contributed by atoms with van der Waals surface area (Å²) in [5, 5.41) is 8.54. The predicted octanol–water partition coefficient (Wildman–Crippen LogP) is 1.15. The predicted molar refractivity (Wildman–Crippen MR) is 48.3 cm³/mol. The van der Waals surface area contributed by atoms with Gasteiger partial charge in [-0.1, -0.05) is 20.8 Å². The summed E-state index contributed by atoms with van der Waals surface area (Å²) in [7, 11) is 1.18. The highest BCUT2D eigenvalue weighted by Gasteiger charge is 2.26. The maximum Gasteiger partial charge on any atom is 0.369 e. The highest BCUT2D eigenvalue weighted by Crippen LogP contribution is 2.26. The van der Waals surface area contributed by atoms with Gasteiger partial charge in [-0.2, -0.15) is 4.89 Å². The minimum atomic E-state index is -1.19. The third-order valence-electron chi connectivity index (χ3n) is 1.45. The van der Waals surface area contributed by atoms with Crippen LogP contribution < -0.4 is 0 Å². The summed E-state index contributed by atoms with van der Waals surface area (Å²) in [6.45, 7) is 5.12. The van der Waals surface area contributed by atoms with Crippen LogP contribution >= 0.6 is 0 Å². The monoisotopic (exact) mass is 202 g/mol. The van der Waals surface area contributed by atoms with Gasteiger partial charge in [0.15, 0.2) is 0 Å². The van der Waals surface area contributed by atoms with E-state index in [-0.39, 0.29) is 5.57 Å². The molecule has 0 saturated heterocycles. The van der Waals surface area contributed by atoms with Crippen molar-refractivity contribution >= 4 is 11.9 Å². The van der Waals surface area contributed by atoms with E-state index in [9.17, 15) is 9.59 Å². The first kappa shape index (κ1) is 12.6. The Kier molecular flexibility index (Phi) is 4.30. The number of carbonyl (C=O) groups excluding carboxylic acids is 1. The third kappa shape index (κ3) is 4.04. The van der Waals surface area contributed by atoms with E-state index in [1.54, 1.807) is 20.8 Å². The van der Waals surface area contributed by atoms with Crippen LogP contribution in [0, 0.1) is 5.41 Å². The molecule has 0 aliphatic heterocycles. The highest BCUT2D eigenvalue weighted by atomic mass is 17.2. The van der Waals surface area contributed by atoms with E-state index in [1.807, 2.05) is 0 Å². The molecule has 0 aliphatic rings. The Morgan fingerprint density at radius 2 is 1.79 bits per heavy atom. The molecule has 5 nitrogen and oxygen atoms in total. The van der Waals surface area contributed by atoms with Crippen molar-refractivity contribution in [1.29, 1.82) is 0 Å². The second kappa shape index (κ2) is 4.76. The van der Waals surface area contributed by atoms with Crippen molar-refractivity contribution in [3.8, 4) is 0 Å². The molecule has 5 heteroatoms. The van der Waals surface area contributed by atoms with Gasteiger partial charge in [-0.3, -0.25) is 4.89 Å². The minimum absolute atomic E-state index is 0.0480. The van der Waals surface area contributed by atoms with Crippen LogP contribution in [-0.4, -0.2) is 24.2 Å². The molecule has 0 spiro atoms. The molecule has 0 bridgehead atoms. The van der Waals surface area contributed by atoms with Gasteiger partial charge >= 0.3 is 11.9 Å². The molecule has 1 N–H and O–H groups in total. The first-order valence-electron chi connectivity index (χ1n) is 3.99. The maximum absolute atomic E-state index is 11.2. The Labute approximate surface area is 82.2 Å². The van der Waals surface area contributed by atoms with Gasteiger partial charge in [0.2, 0.25) is 0 Å². The van der Waals surface area contributed by atoms with Crippen LogP contribution in [-0.2, 0) is 19.4 Å². The molecule has 0 saturated carbocycles. The molecule has 0 radical (unpaired) electrons. The van der Waals surface area contributed by atoms with E-state index in [0.29, 0.717) is 0 Å². The molecule has 0 aromatic heterocycles. The van der Waals surface area contributed by atoms with Gasteiger partial charge in [-0.05, 0) is 5.41 Å². The average molecular weight is 202 g/mol. The molecule has 0 amide bonds. The zero-order valence-corrected chi connectivity index (χ0v) is 8.66. The van der Waals surface area contributed by atoms with Crippen LogP contribution in [0.25, 0.3) is 0 Å². The maximum atomic E-state index is 11.2. The fourth-order valence-corrected chi connectivity index (χ4v) is 0.826. The van der Waals surface area contributed by atoms with Crippen molar-refractivity contribution in [2.24, 2.45) is 5.41 Å². The van der Waals surface area contributed by atoms with Crippen molar-refractivity contribution < 1.29 is 24.5 Å². The molecule has 0 unspecified atom stereocenters. The Bertz CT molecular complexity index is 259. The van der Waals surface area contributed by atoms with Crippen molar-refractivity contribution in [3.05, 3.63) is 11.6 Å². The van der Waals surface area contributed by atoms with E-state index in [1.165, 1.54) is 7.11 Å². The zero-order chi connectivity index (χ0) is 11.4. The lowest BCUT2D eigenvalue weighted by Crippen LogP contribution is -2.21. The summed E-state index contributed by atoms with van der Waals surface area (Å²) < 4.78 is 0. The lowest BCUT2D eigenvalue weighted by Gasteiger charge is -2.19. The normalized spacial score (nSPS) is 12.4. The molecule has 14 heavy (non-hydrogen) atoms. The highest BCUT2D eigenvalue weighted by molar-refractivity contribution is 5.96. The van der Waals surface area contributed by atoms with Gasteiger partial charge in [0.1, 0.15) is 0 Å². The molecule has 0 atom stereocenters. The van der Waals surface area contributed by atoms with E-state index in [2.05, 4.69) is 9.78 Å². The Morgan fingerprint density at radius 1 is 1.29 bits per heavy atom. The van der Waals surface area contributed by atoms with Crippen molar-refractivity contribution in [2.45, 2.75) is 20.8 Å². The van der Waals surface area contributed by atoms with E-state index >= 15 is 0 Å². The first-order chi connectivity index (χ1) is 6.29. The van der Waals surface area contributed by atoms with Crippen LogP contribution in [0.3, 0.4) is 0 Å². The van der Waals surface area contributed by atoms with Gasteiger partial charge in [0.25, 0.3) is 0 Å². The number of carbonyl (C=O) groups is 2. The molecule has 0 aromatic rings. The van der Waals surface area contributed by atoms with Gasteiger partial charge in [0, 0.05) is 6.08 Å². The number of carboxylic acids is 1.